The smallest absolute Gasteiger partial charge is 0.141 e. The molecule has 0 radical (unpaired) electrons. The number of ether oxygens (including phenoxy) is 1. The number of aliphatic hydroxyl groups excluding tert-OH is 4. The molecular weight excluding hydrogens is 214 g/mol. The largest absolute Gasteiger partial charge is 0.390 e. The van der Waals surface area contributed by atoms with Gasteiger partial charge < -0.3 is 29.6 Å². The van der Waals surface area contributed by atoms with Gasteiger partial charge in [-0.3, -0.25) is 0 Å². The third-order valence-corrected chi connectivity index (χ3v) is 3.94. The van der Waals surface area contributed by atoms with Crippen LogP contribution in [0.2, 0.25) is 0 Å². The zero-order valence-electron chi connectivity index (χ0n) is 9.20. The van der Waals surface area contributed by atoms with E-state index in [2.05, 4.69) is 0 Å². The van der Waals surface area contributed by atoms with E-state index in [4.69, 9.17) is 4.74 Å². The van der Waals surface area contributed by atoms with Crippen LogP contribution in [0.3, 0.4) is 0 Å². The Labute approximate surface area is 94.3 Å². The lowest BCUT2D eigenvalue weighted by Gasteiger charge is -2.53. The topological polar surface area (TPSA) is 90.2 Å². The second-order valence-electron chi connectivity index (χ2n) is 4.76. The van der Waals surface area contributed by atoms with E-state index in [0.717, 1.165) is 0 Å². The summed E-state index contributed by atoms with van der Waals surface area (Å²) in [6.07, 6.45) is -3.17. The first kappa shape index (κ1) is 12.2. The molecule has 0 unspecified atom stereocenters. The van der Waals surface area contributed by atoms with E-state index < -0.39 is 24.4 Å². The molecule has 2 saturated heterocycles. The van der Waals surface area contributed by atoms with Crippen molar-refractivity contribution in [3.05, 3.63) is 0 Å². The summed E-state index contributed by atoms with van der Waals surface area (Å²) in [5.41, 5.74) is 0. The van der Waals surface area contributed by atoms with E-state index in [1.165, 1.54) is 0 Å². The van der Waals surface area contributed by atoms with Crippen LogP contribution in [0.5, 0.6) is 0 Å². The molecule has 16 heavy (non-hydrogen) atoms. The van der Waals surface area contributed by atoms with Gasteiger partial charge in [0.25, 0.3) is 0 Å². The van der Waals surface area contributed by atoms with E-state index in [9.17, 15) is 20.4 Å². The molecule has 0 aromatic carbocycles. The Morgan fingerprint density at radius 3 is 2.25 bits per heavy atom. The molecule has 2 aliphatic heterocycles. The van der Waals surface area contributed by atoms with Crippen LogP contribution in [0, 0.1) is 0 Å². The molecule has 0 aliphatic carbocycles. The fourth-order valence-corrected chi connectivity index (χ4v) is 2.90. The molecule has 0 aromatic heterocycles. The SMILES string of the molecule is OC[C@@H]1[C@H](O)[C@H](O)[C@@H](O)C[N+]12CCOCC2. The third kappa shape index (κ3) is 1.85. The summed E-state index contributed by atoms with van der Waals surface area (Å²) < 4.78 is 5.70. The lowest BCUT2D eigenvalue weighted by molar-refractivity contribution is -0.969. The van der Waals surface area contributed by atoms with Crippen LogP contribution < -0.4 is 0 Å². The normalized spacial score (nSPS) is 43.5. The molecule has 2 aliphatic rings. The highest BCUT2D eigenvalue weighted by Gasteiger charge is 2.52. The number of piperidine rings is 1. The maximum absolute atomic E-state index is 9.90. The number of hydrogen-bond donors (Lipinski definition) is 4. The average Bonchev–Trinajstić information content (AvgIpc) is 2.28. The Hall–Kier alpha value is -0.240. The molecular formula is C10H20NO5+. The van der Waals surface area contributed by atoms with Crippen molar-refractivity contribution in [2.24, 2.45) is 0 Å². The van der Waals surface area contributed by atoms with Crippen molar-refractivity contribution < 1.29 is 29.6 Å². The highest BCUT2D eigenvalue weighted by atomic mass is 16.5. The summed E-state index contributed by atoms with van der Waals surface area (Å²) in [4.78, 5) is 0. The van der Waals surface area contributed by atoms with Gasteiger partial charge in [0.1, 0.15) is 44.0 Å². The monoisotopic (exact) mass is 234 g/mol. The number of nitrogens with zero attached hydrogens (tertiary/aromatic N) is 1. The lowest BCUT2D eigenvalue weighted by atomic mass is 9.90. The maximum atomic E-state index is 9.90. The predicted molar refractivity (Wildman–Crippen MR) is 54.6 cm³/mol. The molecule has 0 amide bonds. The molecule has 6 nitrogen and oxygen atoms in total. The van der Waals surface area contributed by atoms with Crippen LogP contribution >= 0.6 is 0 Å². The minimum atomic E-state index is -1.16. The second-order valence-corrected chi connectivity index (χ2v) is 4.76. The fourth-order valence-electron chi connectivity index (χ4n) is 2.90. The molecule has 2 heterocycles. The van der Waals surface area contributed by atoms with Gasteiger partial charge >= 0.3 is 0 Å². The van der Waals surface area contributed by atoms with Crippen molar-refractivity contribution in [3.8, 4) is 0 Å². The molecule has 4 atom stereocenters. The van der Waals surface area contributed by atoms with Crippen molar-refractivity contribution in [1.82, 2.24) is 0 Å². The van der Waals surface area contributed by atoms with Crippen LogP contribution in [0.1, 0.15) is 0 Å². The Morgan fingerprint density at radius 2 is 1.69 bits per heavy atom. The van der Waals surface area contributed by atoms with Gasteiger partial charge in [-0.25, -0.2) is 0 Å². The van der Waals surface area contributed by atoms with E-state index >= 15 is 0 Å². The molecule has 0 aromatic rings. The van der Waals surface area contributed by atoms with Crippen molar-refractivity contribution in [3.63, 3.8) is 0 Å². The van der Waals surface area contributed by atoms with Crippen molar-refractivity contribution in [2.75, 3.05) is 39.5 Å². The van der Waals surface area contributed by atoms with Gasteiger partial charge in [0, 0.05) is 0 Å². The van der Waals surface area contributed by atoms with Crippen LogP contribution in [0.25, 0.3) is 0 Å². The Bertz CT molecular complexity index is 243. The van der Waals surface area contributed by atoms with Crippen molar-refractivity contribution in [1.29, 1.82) is 0 Å². The van der Waals surface area contributed by atoms with Crippen molar-refractivity contribution in [2.45, 2.75) is 24.4 Å². The zero-order valence-corrected chi connectivity index (χ0v) is 9.20. The third-order valence-electron chi connectivity index (χ3n) is 3.94. The molecule has 2 fully saturated rings. The summed E-state index contributed by atoms with van der Waals surface area (Å²) >= 11 is 0. The van der Waals surface area contributed by atoms with E-state index in [0.29, 0.717) is 37.3 Å². The minimum Gasteiger partial charge on any atom is -0.390 e. The van der Waals surface area contributed by atoms with Crippen LogP contribution in [0.15, 0.2) is 0 Å². The summed E-state index contributed by atoms with van der Waals surface area (Å²) in [7, 11) is 0. The number of aliphatic hydroxyl groups is 4. The van der Waals surface area contributed by atoms with Crippen LogP contribution in [-0.2, 0) is 4.74 Å². The number of quaternary nitrogens is 1. The zero-order chi connectivity index (χ0) is 11.8. The van der Waals surface area contributed by atoms with Gasteiger partial charge in [-0.15, -0.1) is 0 Å². The predicted octanol–water partition coefficient (Wildman–Crippen LogP) is -2.71. The summed E-state index contributed by atoms with van der Waals surface area (Å²) in [5.74, 6) is 0. The van der Waals surface area contributed by atoms with Gasteiger partial charge in [-0.05, 0) is 0 Å². The van der Waals surface area contributed by atoms with Gasteiger partial charge in [-0.2, -0.15) is 0 Å². The van der Waals surface area contributed by atoms with Gasteiger partial charge in [0.2, 0.25) is 0 Å². The summed E-state index contributed by atoms with van der Waals surface area (Å²) in [6, 6.07) is -0.428. The summed E-state index contributed by atoms with van der Waals surface area (Å²) in [5, 5.41) is 38.6. The standard InChI is InChI=1S/C10H20NO5/c12-6-7-9(14)10(15)8(13)5-11(7)1-3-16-4-2-11/h7-10,12-15H,1-6H2/q+1/t7-,8+,9+,10-/m1/s1. The van der Waals surface area contributed by atoms with Gasteiger partial charge in [-0.1, -0.05) is 0 Å². The highest BCUT2D eigenvalue weighted by Crippen LogP contribution is 2.28. The Kier molecular flexibility index (Phi) is 3.48. The number of rotatable bonds is 1. The Morgan fingerprint density at radius 1 is 1.06 bits per heavy atom. The van der Waals surface area contributed by atoms with E-state index in [-0.39, 0.29) is 6.61 Å². The molecule has 94 valence electrons. The quantitative estimate of drug-likeness (QED) is 0.370. The van der Waals surface area contributed by atoms with Gasteiger partial charge in [0.15, 0.2) is 0 Å². The minimum absolute atomic E-state index is 0.190. The second kappa shape index (κ2) is 4.56. The van der Waals surface area contributed by atoms with Crippen molar-refractivity contribution >= 4 is 0 Å². The Balaban J connectivity index is 2.21. The van der Waals surface area contributed by atoms with E-state index in [1.54, 1.807) is 0 Å². The molecule has 1 spiro atoms. The molecule has 2 rings (SSSR count). The number of hydrogen-bond acceptors (Lipinski definition) is 5. The summed E-state index contributed by atoms with van der Waals surface area (Å²) in [6.45, 7) is 2.62. The lowest BCUT2D eigenvalue weighted by Crippen LogP contribution is -2.74. The van der Waals surface area contributed by atoms with Gasteiger partial charge in [0.05, 0.1) is 19.8 Å². The first-order chi connectivity index (χ1) is 7.60. The molecule has 0 saturated carbocycles. The molecule has 6 heteroatoms. The highest BCUT2D eigenvalue weighted by molar-refractivity contribution is 4.88. The van der Waals surface area contributed by atoms with Crippen LogP contribution in [-0.4, -0.2) is 88.7 Å². The molecule has 4 N–H and O–H groups in total. The fraction of sp³-hybridized carbons (Fsp3) is 1.00. The molecule has 0 bridgehead atoms. The van der Waals surface area contributed by atoms with Crippen LogP contribution in [0.4, 0.5) is 0 Å². The first-order valence-corrected chi connectivity index (χ1v) is 5.69. The van der Waals surface area contributed by atoms with E-state index in [1.807, 2.05) is 0 Å². The first-order valence-electron chi connectivity index (χ1n) is 5.69. The number of morpholine rings is 1. The maximum Gasteiger partial charge on any atom is 0.141 e. The average molecular weight is 234 g/mol.